The number of esters is 1. The molecule has 8 nitrogen and oxygen atoms in total. The highest BCUT2D eigenvalue weighted by Crippen LogP contribution is 2.26. The van der Waals surface area contributed by atoms with E-state index in [2.05, 4.69) is 15.3 Å². The molecule has 0 radical (unpaired) electrons. The van der Waals surface area contributed by atoms with E-state index < -0.39 is 5.97 Å². The molecule has 0 atom stereocenters. The number of carbonyl (C=O) groups excluding carboxylic acids is 1. The summed E-state index contributed by atoms with van der Waals surface area (Å²) in [5.41, 5.74) is 3.72. The zero-order chi connectivity index (χ0) is 20.4. The van der Waals surface area contributed by atoms with Gasteiger partial charge in [0.05, 0.1) is 55.8 Å². The molecule has 29 heavy (non-hydrogen) atoms. The minimum absolute atomic E-state index is 0.401. The van der Waals surface area contributed by atoms with Gasteiger partial charge in [0.15, 0.2) is 0 Å². The zero-order valence-corrected chi connectivity index (χ0v) is 16.3. The van der Waals surface area contributed by atoms with Crippen molar-refractivity contribution in [3.8, 4) is 11.5 Å². The highest BCUT2D eigenvalue weighted by atomic mass is 16.5. The topological polar surface area (TPSA) is 87.0 Å². The Hall–Kier alpha value is -3.81. The van der Waals surface area contributed by atoms with Gasteiger partial charge in [-0.3, -0.25) is 9.38 Å². The van der Waals surface area contributed by atoms with E-state index in [1.165, 1.54) is 7.11 Å². The minimum Gasteiger partial charge on any atom is -0.497 e. The first-order valence-electron chi connectivity index (χ1n) is 8.94. The number of methoxy groups -OCH3 is 3. The van der Waals surface area contributed by atoms with Crippen LogP contribution in [0, 0.1) is 0 Å². The molecule has 0 saturated carbocycles. The van der Waals surface area contributed by atoms with Crippen LogP contribution in [-0.2, 0) is 11.3 Å². The van der Waals surface area contributed by atoms with E-state index >= 15 is 0 Å². The van der Waals surface area contributed by atoms with Crippen LogP contribution < -0.4 is 14.8 Å². The summed E-state index contributed by atoms with van der Waals surface area (Å²) in [5, 5.41) is 3.34. The first-order valence-corrected chi connectivity index (χ1v) is 8.94. The monoisotopic (exact) mass is 392 g/mol. The number of imidazole rings is 1. The first-order chi connectivity index (χ1) is 14.1. The Bertz CT molecular complexity index is 1200. The van der Waals surface area contributed by atoms with Crippen molar-refractivity contribution in [2.24, 2.45) is 0 Å². The Kier molecular flexibility index (Phi) is 4.90. The van der Waals surface area contributed by atoms with Crippen molar-refractivity contribution in [3.63, 3.8) is 0 Å². The van der Waals surface area contributed by atoms with Crippen LogP contribution in [-0.4, -0.2) is 41.7 Å². The molecule has 0 spiro atoms. The summed E-state index contributed by atoms with van der Waals surface area (Å²) in [6, 6.07) is 10.9. The van der Waals surface area contributed by atoms with Crippen LogP contribution in [0.5, 0.6) is 11.5 Å². The van der Waals surface area contributed by atoms with Crippen molar-refractivity contribution in [2.75, 3.05) is 26.6 Å². The van der Waals surface area contributed by atoms with E-state index in [0.29, 0.717) is 18.1 Å². The second-order valence-corrected chi connectivity index (χ2v) is 6.33. The van der Waals surface area contributed by atoms with Gasteiger partial charge in [-0.25, -0.2) is 9.78 Å². The quantitative estimate of drug-likeness (QED) is 0.504. The molecule has 0 aliphatic heterocycles. The van der Waals surface area contributed by atoms with Crippen LogP contribution in [0.4, 0.5) is 5.95 Å². The van der Waals surface area contributed by atoms with Gasteiger partial charge in [0.25, 0.3) is 0 Å². The largest absolute Gasteiger partial charge is 0.497 e. The third-order valence-corrected chi connectivity index (χ3v) is 4.69. The predicted molar refractivity (Wildman–Crippen MR) is 109 cm³/mol. The standard InChI is InChI=1S/C21H20N4O4/c1-27-16-6-4-14(19(9-16)28-2)10-23-21-24-12-15-11-22-17-7-5-13(20(26)29-3)8-18(17)25(15)21/h4-9,11-12H,10H2,1-3H3,(H,23,24). The molecular formula is C21H20N4O4. The lowest BCUT2D eigenvalue weighted by atomic mass is 10.2. The molecule has 4 rings (SSSR count). The second-order valence-electron chi connectivity index (χ2n) is 6.33. The number of carbonyl (C=O) groups is 1. The molecule has 8 heteroatoms. The number of nitrogens with one attached hydrogen (secondary N) is 1. The van der Waals surface area contributed by atoms with Gasteiger partial charge in [0.2, 0.25) is 5.95 Å². The molecule has 1 N–H and O–H groups in total. The summed E-state index contributed by atoms with van der Waals surface area (Å²) in [7, 11) is 4.60. The van der Waals surface area contributed by atoms with Crippen LogP contribution in [0.2, 0.25) is 0 Å². The third-order valence-electron chi connectivity index (χ3n) is 4.69. The van der Waals surface area contributed by atoms with Gasteiger partial charge in [-0.2, -0.15) is 0 Å². The maximum atomic E-state index is 11.9. The van der Waals surface area contributed by atoms with Gasteiger partial charge in [0.1, 0.15) is 11.5 Å². The molecule has 0 aliphatic carbocycles. The molecular weight excluding hydrogens is 372 g/mol. The average Bonchev–Trinajstić information content (AvgIpc) is 3.20. The Morgan fingerprint density at radius 3 is 2.62 bits per heavy atom. The Labute approximate surface area is 167 Å². The molecule has 4 aromatic rings. The molecule has 2 heterocycles. The molecule has 0 aliphatic rings. The number of rotatable bonds is 6. The number of fused-ring (bicyclic) bond motifs is 3. The van der Waals surface area contributed by atoms with Crippen LogP contribution in [0.1, 0.15) is 15.9 Å². The van der Waals surface area contributed by atoms with Crippen molar-refractivity contribution < 1.29 is 19.0 Å². The highest BCUT2D eigenvalue weighted by Gasteiger charge is 2.13. The highest BCUT2D eigenvalue weighted by molar-refractivity contribution is 5.94. The van der Waals surface area contributed by atoms with Crippen molar-refractivity contribution in [3.05, 3.63) is 59.9 Å². The van der Waals surface area contributed by atoms with E-state index in [9.17, 15) is 4.79 Å². The lowest BCUT2D eigenvalue weighted by Crippen LogP contribution is -2.07. The molecule has 148 valence electrons. The normalized spacial score (nSPS) is 10.9. The number of hydrogen-bond donors (Lipinski definition) is 1. The minimum atomic E-state index is -0.401. The second kappa shape index (κ2) is 7.67. The number of anilines is 1. The molecule has 2 aromatic heterocycles. The van der Waals surface area contributed by atoms with Gasteiger partial charge in [-0.15, -0.1) is 0 Å². The smallest absolute Gasteiger partial charge is 0.337 e. The summed E-state index contributed by atoms with van der Waals surface area (Å²) in [6.45, 7) is 0.493. The Morgan fingerprint density at radius 1 is 1.03 bits per heavy atom. The zero-order valence-electron chi connectivity index (χ0n) is 16.3. The third kappa shape index (κ3) is 3.40. The number of aromatic nitrogens is 3. The SMILES string of the molecule is COC(=O)c1ccc2ncc3cnc(NCc4ccc(OC)cc4OC)n3c2c1. The lowest BCUT2D eigenvalue weighted by molar-refractivity contribution is 0.0601. The number of ether oxygens (including phenoxy) is 3. The van der Waals surface area contributed by atoms with Gasteiger partial charge in [-0.1, -0.05) is 0 Å². The first kappa shape index (κ1) is 18.5. The van der Waals surface area contributed by atoms with E-state index in [1.54, 1.807) is 44.8 Å². The van der Waals surface area contributed by atoms with E-state index in [1.807, 2.05) is 22.6 Å². The Balaban J connectivity index is 1.73. The summed E-state index contributed by atoms with van der Waals surface area (Å²) >= 11 is 0. The molecule has 2 aromatic carbocycles. The summed E-state index contributed by atoms with van der Waals surface area (Å²) < 4.78 is 17.5. The van der Waals surface area contributed by atoms with Crippen LogP contribution in [0.3, 0.4) is 0 Å². The van der Waals surface area contributed by atoms with Gasteiger partial charge < -0.3 is 19.5 Å². The molecule has 0 amide bonds. The van der Waals surface area contributed by atoms with Gasteiger partial charge in [0, 0.05) is 18.2 Å². The van der Waals surface area contributed by atoms with E-state index in [-0.39, 0.29) is 0 Å². The number of hydrogen-bond acceptors (Lipinski definition) is 7. The van der Waals surface area contributed by atoms with Gasteiger partial charge in [-0.05, 0) is 30.3 Å². The predicted octanol–water partition coefficient (Wildman–Crippen LogP) is 3.30. The summed E-state index contributed by atoms with van der Waals surface area (Å²) in [5.74, 6) is 1.68. The fraction of sp³-hybridized carbons (Fsp3) is 0.190. The number of nitrogens with zero attached hydrogens (tertiary/aromatic N) is 3. The fourth-order valence-electron chi connectivity index (χ4n) is 3.20. The van der Waals surface area contributed by atoms with Crippen molar-refractivity contribution >= 4 is 28.5 Å². The van der Waals surface area contributed by atoms with Crippen LogP contribution in [0.15, 0.2) is 48.8 Å². The van der Waals surface area contributed by atoms with Crippen LogP contribution >= 0.6 is 0 Å². The van der Waals surface area contributed by atoms with E-state index in [4.69, 9.17) is 14.2 Å². The molecule has 0 saturated heterocycles. The van der Waals surface area contributed by atoms with Crippen molar-refractivity contribution in [1.29, 1.82) is 0 Å². The molecule has 0 unspecified atom stereocenters. The average molecular weight is 392 g/mol. The van der Waals surface area contributed by atoms with E-state index in [0.717, 1.165) is 33.6 Å². The number of benzene rings is 2. The van der Waals surface area contributed by atoms with Crippen LogP contribution in [0.25, 0.3) is 16.6 Å². The van der Waals surface area contributed by atoms with Gasteiger partial charge >= 0.3 is 5.97 Å². The lowest BCUT2D eigenvalue weighted by Gasteiger charge is -2.12. The Morgan fingerprint density at radius 2 is 1.86 bits per heavy atom. The van der Waals surface area contributed by atoms with Crippen molar-refractivity contribution in [2.45, 2.75) is 6.54 Å². The summed E-state index contributed by atoms with van der Waals surface area (Å²) in [6.07, 6.45) is 3.47. The maximum absolute atomic E-state index is 11.9. The van der Waals surface area contributed by atoms with Crippen molar-refractivity contribution in [1.82, 2.24) is 14.4 Å². The molecule has 0 fully saturated rings. The fourth-order valence-corrected chi connectivity index (χ4v) is 3.20. The molecule has 0 bridgehead atoms. The maximum Gasteiger partial charge on any atom is 0.337 e. The summed E-state index contributed by atoms with van der Waals surface area (Å²) in [4.78, 5) is 20.9.